The number of rotatable bonds is 7. The average Bonchev–Trinajstić information content (AvgIpc) is 3.17. The number of carbonyl (C=O) groups excluding carboxylic acids is 1. The fourth-order valence-electron chi connectivity index (χ4n) is 3.91. The molecule has 0 aliphatic heterocycles. The molecule has 1 aliphatic rings. The van der Waals surface area contributed by atoms with Gasteiger partial charge in [-0.2, -0.15) is 0 Å². The van der Waals surface area contributed by atoms with Gasteiger partial charge in [0.15, 0.2) is 0 Å². The molecule has 1 aromatic heterocycles. The van der Waals surface area contributed by atoms with Crippen LogP contribution in [0.15, 0.2) is 48.5 Å². The monoisotopic (exact) mass is 402 g/mol. The predicted octanol–water partition coefficient (Wildman–Crippen LogP) is 4.50. The van der Waals surface area contributed by atoms with Gasteiger partial charge in [-0.05, 0) is 60.7 Å². The van der Waals surface area contributed by atoms with Crippen LogP contribution in [0, 0.1) is 0 Å². The Morgan fingerprint density at radius 3 is 2.70 bits per heavy atom. The Labute approximate surface area is 176 Å². The Kier molecular flexibility index (Phi) is 6.10. The molecule has 154 valence electrons. The maximum atomic E-state index is 13.1. The summed E-state index contributed by atoms with van der Waals surface area (Å²) in [6.07, 6.45) is 3.83. The van der Waals surface area contributed by atoms with Crippen molar-refractivity contribution < 1.29 is 14.3 Å². The third-order valence-electron chi connectivity index (χ3n) is 5.36. The number of hydrogen-bond acceptors (Lipinski definition) is 4. The van der Waals surface area contributed by atoms with Crippen LogP contribution in [0.3, 0.4) is 0 Å². The van der Waals surface area contributed by atoms with Crippen LogP contribution < -0.4 is 10.1 Å². The smallest absolute Gasteiger partial charge is 0.252 e. The zero-order valence-electron chi connectivity index (χ0n) is 17.4. The van der Waals surface area contributed by atoms with E-state index in [4.69, 9.17) is 14.5 Å². The van der Waals surface area contributed by atoms with E-state index in [1.807, 2.05) is 55.5 Å². The highest BCUT2D eigenvalue weighted by Crippen LogP contribution is 2.37. The van der Waals surface area contributed by atoms with E-state index in [0.29, 0.717) is 19.8 Å². The van der Waals surface area contributed by atoms with Gasteiger partial charge >= 0.3 is 0 Å². The number of hydrogen-bond donors (Lipinski definition) is 1. The lowest BCUT2D eigenvalue weighted by Crippen LogP contribution is -2.28. The summed E-state index contributed by atoms with van der Waals surface area (Å²) in [7, 11) is 1.66. The van der Waals surface area contributed by atoms with E-state index in [1.165, 1.54) is 0 Å². The van der Waals surface area contributed by atoms with Crippen molar-refractivity contribution in [1.29, 1.82) is 0 Å². The summed E-state index contributed by atoms with van der Waals surface area (Å²) in [6.45, 7) is 3.59. The number of methoxy groups -OCH3 is 1. The molecule has 1 amide bonds. The summed E-state index contributed by atoms with van der Waals surface area (Å²) in [4.78, 5) is 18.0. The van der Waals surface area contributed by atoms with Crippen molar-refractivity contribution >= 4 is 28.5 Å². The minimum atomic E-state index is -0.0600. The number of allylic oxidation sites excluding steroid dienone is 1. The molecule has 5 nitrogen and oxygen atoms in total. The van der Waals surface area contributed by atoms with Gasteiger partial charge in [0.05, 0.1) is 30.5 Å². The SMILES string of the molecule is CCOCCNC(=O)c1c2c(nc3ccccc13)/C(=C/c1ccc(OC)cc1)CC2. The van der Waals surface area contributed by atoms with Crippen molar-refractivity contribution in [3.8, 4) is 5.75 Å². The maximum absolute atomic E-state index is 13.1. The Hall–Kier alpha value is -3.18. The molecule has 2 aromatic carbocycles. The molecule has 1 heterocycles. The fraction of sp³-hybridized carbons (Fsp3) is 0.280. The lowest BCUT2D eigenvalue weighted by atomic mass is 10.00. The van der Waals surface area contributed by atoms with Crippen molar-refractivity contribution in [2.75, 3.05) is 26.9 Å². The topological polar surface area (TPSA) is 60.5 Å². The van der Waals surface area contributed by atoms with Crippen molar-refractivity contribution in [2.45, 2.75) is 19.8 Å². The highest BCUT2D eigenvalue weighted by molar-refractivity contribution is 6.09. The Morgan fingerprint density at radius 2 is 1.93 bits per heavy atom. The standard InChI is InChI=1S/C25H26N2O3/c1-3-30-15-14-26-25(28)23-20-6-4-5-7-22(20)27-24-18(10-13-21(23)24)16-17-8-11-19(29-2)12-9-17/h4-9,11-12,16H,3,10,13-15H2,1-2H3,(H,26,28)/b18-16+. The van der Waals surface area contributed by atoms with Gasteiger partial charge in [-0.15, -0.1) is 0 Å². The Bertz CT molecular complexity index is 1090. The summed E-state index contributed by atoms with van der Waals surface area (Å²) in [5, 5.41) is 3.91. The van der Waals surface area contributed by atoms with Crippen LogP contribution in [-0.4, -0.2) is 37.8 Å². The number of para-hydroxylation sites is 1. The first-order chi connectivity index (χ1) is 14.7. The fourth-order valence-corrected chi connectivity index (χ4v) is 3.91. The minimum Gasteiger partial charge on any atom is -0.497 e. The van der Waals surface area contributed by atoms with E-state index >= 15 is 0 Å². The summed E-state index contributed by atoms with van der Waals surface area (Å²) in [5.41, 5.74) is 5.79. The number of carbonyl (C=O) groups is 1. The van der Waals surface area contributed by atoms with Gasteiger partial charge in [0.25, 0.3) is 5.91 Å². The molecule has 0 unspecified atom stereocenters. The van der Waals surface area contributed by atoms with Crippen LogP contribution >= 0.6 is 0 Å². The molecule has 0 saturated heterocycles. The second-order valence-electron chi connectivity index (χ2n) is 7.23. The normalized spacial score (nSPS) is 14.1. The second kappa shape index (κ2) is 9.09. The first kappa shape index (κ1) is 20.1. The van der Waals surface area contributed by atoms with Gasteiger partial charge in [-0.1, -0.05) is 30.3 Å². The largest absolute Gasteiger partial charge is 0.497 e. The number of nitrogens with one attached hydrogen (secondary N) is 1. The molecule has 1 aliphatic carbocycles. The molecule has 0 atom stereocenters. The summed E-state index contributed by atoms with van der Waals surface area (Å²) in [5.74, 6) is 0.773. The molecular weight excluding hydrogens is 376 g/mol. The van der Waals surface area contributed by atoms with E-state index in [1.54, 1.807) is 7.11 Å². The van der Waals surface area contributed by atoms with Crippen molar-refractivity contribution in [2.24, 2.45) is 0 Å². The lowest BCUT2D eigenvalue weighted by Gasteiger charge is -2.13. The molecule has 5 heteroatoms. The lowest BCUT2D eigenvalue weighted by molar-refractivity contribution is 0.0923. The van der Waals surface area contributed by atoms with Crippen LogP contribution in [0.5, 0.6) is 5.75 Å². The van der Waals surface area contributed by atoms with Crippen molar-refractivity contribution in [3.63, 3.8) is 0 Å². The zero-order chi connectivity index (χ0) is 20.9. The summed E-state index contributed by atoms with van der Waals surface area (Å²) >= 11 is 0. The van der Waals surface area contributed by atoms with E-state index in [-0.39, 0.29) is 5.91 Å². The van der Waals surface area contributed by atoms with Crippen LogP contribution in [0.2, 0.25) is 0 Å². The third kappa shape index (κ3) is 4.07. The van der Waals surface area contributed by atoms with Gasteiger partial charge in [-0.3, -0.25) is 4.79 Å². The second-order valence-corrected chi connectivity index (χ2v) is 7.23. The molecule has 3 aromatic rings. The first-order valence-corrected chi connectivity index (χ1v) is 10.3. The van der Waals surface area contributed by atoms with Gasteiger partial charge in [0.1, 0.15) is 5.75 Å². The number of ether oxygens (including phenoxy) is 2. The summed E-state index contributed by atoms with van der Waals surface area (Å²) in [6, 6.07) is 15.8. The van der Waals surface area contributed by atoms with Crippen LogP contribution in [0.4, 0.5) is 0 Å². The minimum absolute atomic E-state index is 0.0600. The molecule has 0 saturated carbocycles. The van der Waals surface area contributed by atoms with Gasteiger partial charge in [0, 0.05) is 18.5 Å². The van der Waals surface area contributed by atoms with Gasteiger partial charge in [-0.25, -0.2) is 4.98 Å². The van der Waals surface area contributed by atoms with Crippen LogP contribution in [-0.2, 0) is 11.2 Å². The molecule has 4 rings (SSSR count). The van der Waals surface area contributed by atoms with Crippen LogP contribution in [0.25, 0.3) is 22.6 Å². The maximum Gasteiger partial charge on any atom is 0.252 e. The van der Waals surface area contributed by atoms with E-state index in [9.17, 15) is 4.79 Å². The van der Waals surface area contributed by atoms with Crippen molar-refractivity contribution in [3.05, 3.63) is 70.9 Å². The highest BCUT2D eigenvalue weighted by Gasteiger charge is 2.26. The van der Waals surface area contributed by atoms with Gasteiger partial charge < -0.3 is 14.8 Å². The zero-order valence-corrected chi connectivity index (χ0v) is 17.4. The third-order valence-corrected chi connectivity index (χ3v) is 5.36. The number of pyridine rings is 1. The van der Waals surface area contributed by atoms with E-state index in [0.717, 1.165) is 57.5 Å². The van der Waals surface area contributed by atoms with E-state index in [2.05, 4.69) is 11.4 Å². The molecule has 0 radical (unpaired) electrons. The quantitative estimate of drug-likeness (QED) is 0.591. The molecule has 1 N–H and O–H groups in total. The number of fused-ring (bicyclic) bond motifs is 2. The Balaban J connectivity index is 1.73. The molecule has 0 fully saturated rings. The predicted molar refractivity (Wildman–Crippen MR) is 120 cm³/mol. The number of benzene rings is 2. The van der Waals surface area contributed by atoms with Crippen molar-refractivity contribution in [1.82, 2.24) is 10.3 Å². The number of nitrogens with zero attached hydrogens (tertiary/aromatic N) is 1. The molecule has 0 bridgehead atoms. The number of aromatic nitrogens is 1. The Morgan fingerprint density at radius 1 is 1.13 bits per heavy atom. The van der Waals surface area contributed by atoms with Crippen LogP contribution in [0.1, 0.15) is 40.5 Å². The summed E-state index contributed by atoms with van der Waals surface area (Å²) < 4.78 is 10.6. The molecule has 30 heavy (non-hydrogen) atoms. The van der Waals surface area contributed by atoms with E-state index < -0.39 is 0 Å². The van der Waals surface area contributed by atoms with Gasteiger partial charge in [0.2, 0.25) is 0 Å². The highest BCUT2D eigenvalue weighted by atomic mass is 16.5. The molecule has 0 spiro atoms. The average molecular weight is 402 g/mol. The number of amides is 1. The molecular formula is C25H26N2O3. The first-order valence-electron chi connectivity index (χ1n) is 10.3.